The van der Waals surface area contributed by atoms with Crippen LogP contribution in [0, 0.1) is 0 Å². The average Bonchev–Trinajstić information content (AvgIpc) is 2.79. The quantitative estimate of drug-likeness (QED) is 0.111. The van der Waals surface area contributed by atoms with Crippen LogP contribution in [-0.2, 0) is 35.2 Å². The van der Waals surface area contributed by atoms with Crippen molar-refractivity contribution in [2.24, 2.45) is 11.5 Å². The molecule has 0 aliphatic carbocycles. The molecule has 37 heavy (non-hydrogen) atoms. The molecule has 0 aliphatic heterocycles. The number of nitrogens with two attached hydrogens (primary N) is 2. The molecule has 0 spiro atoms. The number of phenolic OH excluding ortho intramolecular Hbond substituents is 1. The molecular weight excluding hydrogens is 494 g/mol. The van der Waals surface area contributed by atoms with Crippen LogP contribution < -0.4 is 27.4 Å². The number of rotatable bonds is 15. The van der Waals surface area contributed by atoms with Crippen molar-refractivity contribution >= 4 is 35.6 Å². The van der Waals surface area contributed by atoms with Crippen LogP contribution in [-0.4, -0.2) is 86.3 Å². The number of carboxylic acid groups (broad SMARTS) is 2. The third-order valence-electron chi connectivity index (χ3n) is 5.09. The molecule has 0 radical (unpaired) electrons. The maximum atomic E-state index is 12.9. The third-order valence-corrected chi connectivity index (χ3v) is 5.09. The zero-order chi connectivity index (χ0) is 28.3. The highest BCUT2D eigenvalue weighted by Gasteiger charge is 2.33. The first-order valence-corrected chi connectivity index (χ1v) is 11.1. The minimum Gasteiger partial charge on any atom is -0.508 e. The van der Waals surface area contributed by atoms with E-state index in [0.29, 0.717) is 5.56 Å². The Bertz CT molecular complexity index is 998. The number of aliphatic carboxylic acids is 2. The lowest BCUT2D eigenvalue weighted by Gasteiger charge is -2.26. The molecule has 0 saturated carbocycles. The van der Waals surface area contributed by atoms with Crippen molar-refractivity contribution in [1.82, 2.24) is 16.0 Å². The predicted octanol–water partition coefficient (Wildman–Crippen LogP) is -3.08. The molecule has 15 heteroatoms. The van der Waals surface area contributed by atoms with Gasteiger partial charge in [-0.3, -0.25) is 24.0 Å². The maximum absolute atomic E-state index is 12.9. The Morgan fingerprint density at radius 1 is 0.892 bits per heavy atom. The summed E-state index contributed by atoms with van der Waals surface area (Å²) in [6.07, 6.45) is -3.19. The molecule has 0 bridgehead atoms. The van der Waals surface area contributed by atoms with E-state index in [4.69, 9.17) is 16.6 Å². The van der Waals surface area contributed by atoms with Crippen molar-refractivity contribution in [2.45, 2.75) is 62.9 Å². The van der Waals surface area contributed by atoms with Gasteiger partial charge in [0.1, 0.15) is 23.9 Å². The predicted molar refractivity (Wildman–Crippen MR) is 126 cm³/mol. The van der Waals surface area contributed by atoms with Crippen molar-refractivity contribution in [3.8, 4) is 5.75 Å². The van der Waals surface area contributed by atoms with Crippen LogP contribution >= 0.6 is 0 Å². The summed E-state index contributed by atoms with van der Waals surface area (Å²) in [6.45, 7) is 1.17. The molecule has 5 unspecified atom stereocenters. The molecule has 0 heterocycles. The van der Waals surface area contributed by atoms with E-state index in [1.807, 2.05) is 0 Å². The van der Waals surface area contributed by atoms with Crippen LogP contribution in [0.4, 0.5) is 0 Å². The highest BCUT2D eigenvalue weighted by molar-refractivity contribution is 5.95. The lowest BCUT2D eigenvalue weighted by atomic mass is 10.0. The van der Waals surface area contributed by atoms with Crippen molar-refractivity contribution in [3.05, 3.63) is 29.8 Å². The molecule has 5 atom stereocenters. The van der Waals surface area contributed by atoms with Crippen molar-refractivity contribution < 1.29 is 49.2 Å². The Hall–Kier alpha value is -4.24. The molecule has 4 amide bonds. The first kappa shape index (κ1) is 30.8. The number of nitrogens with one attached hydrogen (secondary N) is 3. The van der Waals surface area contributed by atoms with Crippen LogP contribution in [0.3, 0.4) is 0 Å². The third kappa shape index (κ3) is 10.9. The number of amides is 4. The topological polar surface area (TPSA) is 271 Å². The summed E-state index contributed by atoms with van der Waals surface area (Å²) < 4.78 is 0. The summed E-state index contributed by atoms with van der Waals surface area (Å²) in [5.74, 6) is -6.72. The highest BCUT2D eigenvalue weighted by atomic mass is 16.4. The van der Waals surface area contributed by atoms with Crippen LogP contribution in [0.15, 0.2) is 24.3 Å². The van der Waals surface area contributed by atoms with E-state index in [1.165, 1.54) is 31.2 Å². The van der Waals surface area contributed by atoms with E-state index in [2.05, 4.69) is 16.0 Å². The van der Waals surface area contributed by atoms with Gasteiger partial charge in [0.25, 0.3) is 0 Å². The largest absolute Gasteiger partial charge is 0.508 e. The maximum Gasteiger partial charge on any atom is 0.326 e. The lowest BCUT2D eigenvalue weighted by Crippen LogP contribution is -2.60. The fraction of sp³-hybridized carbons (Fsp3) is 0.455. The lowest BCUT2D eigenvalue weighted by molar-refractivity contribution is -0.143. The molecule has 1 rings (SSSR count). The number of primary amides is 1. The van der Waals surface area contributed by atoms with Gasteiger partial charge in [-0.25, -0.2) is 4.79 Å². The smallest absolute Gasteiger partial charge is 0.326 e. The first-order chi connectivity index (χ1) is 17.2. The fourth-order valence-corrected chi connectivity index (χ4v) is 3.11. The van der Waals surface area contributed by atoms with Crippen LogP contribution in [0.2, 0.25) is 0 Å². The summed E-state index contributed by atoms with van der Waals surface area (Å²) in [5, 5.41) is 44.3. The minimum absolute atomic E-state index is 0.0717. The zero-order valence-corrected chi connectivity index (χ0v) is 19.9. The Labute approximate surface area is 211 Å². The van der Waals surface area contributed by atoms with Crippen LogP contribution in [0.25, 0.3) is 0 Å². The molecule has 1 aromatic rings. The summed E-state index contributed by atoms with van der Waals surface area (Å²) >= 11 is 0. The number of hydrogen-bond donors (Lipinski definition) is 9. The van der Waals surface area contributed by atoms with Gasteiger partial charge in [-0.1, -0.05) is 12.1 Å². The van der Waals surface area contributed by atoms with Gasteiger partial charge < -0.3 is 47.8 Å². The summed E-state index contributed by atoms with van der Waals surface area (Å²) in [6, 6.07) is -0.536. The average molecular weight is 526 g/mol. The first-order valence-electron chi connectivity index (χ1n) is 11.1. The Kier molecular flexibility index (Phi) is 11.9. The van der Waals surface area contributed by atoms with Crippen LogP contribution in [0.1, 0.15) is 31.7 Å². The zero-order valence-electron chi connectivity index (χ0n) is 19.9. The number of carbonyl (C=O) groups excluding carboxylic acids is 4. The van der Waals surface area contributed by atoms with Crippen molar-refractivity contribution in [2.75, 3.05) is 0 Å². The minimum atomic E-state index is -1.62. The summed E-state index contributed by atoms with van der Waals surface area (Å²) in [5.41, 5.74) is 11.0. The fourth-order valence-electron chi connectivity index (χ4n) is 3.11. The number of phenols is 1. The van der Waals surface area contributed by atoms with Crippen molar-refractivity contribution in [3.63, 3.8) is 0 Å². The number of carbonyl (C=O) groups is 6. The van der Waals surface area contributed by atoms with E-state index >= 15 is 0 Å². The van der Waals surface area contributed by atoms with Crippen LogP contribution in [0.5, 0.6) is 5.75 Å². The van der Waals surface area contributed by atoms with E-state index in [0.717, 1.165) is 0 Å². The van der Waals surface area contributed by atoms with Gasteiger partial charge in [-0.15, -0.1) is 0 Å². The molecule has 0 saturated heterocycles. The number of aromatic hydroxyl groups is 1. The van der Waals surface area contributed by atoms with E-state index < -0.39 is 85.1 Å². The summed E-state index contributed by atoms with van der Waals surface area (Å²) in [7, 11) is 0. The Balaban J connectivity index is 3.13. The number of benzene rings is 1. The normalized spacial score (nSPS) is 14.8. The van der Waals surface area contributed by atoms with Gasteiger partial charge in [0.15, 0.2) is 0 Å². The molecule has 0 fully saturated rings. The molecule has 0 aliphatic rings. The molecule has 0 aromatic heterocycles. The number of hydrogen-bond acceptors (Lipinski definition) is 9. The molecule has 1 aromatic carbocycles. The standard InChI is InChI=1S/C22H31N5O10/c1-10(28)18(27-19(33)13(23)9-16(24)30)21(35)26-15(8-11-2-4-12(29)5-3-11)20(34)25-14(22(36)37)6-7-17(31)32/h2-5,10,13-15,18,28-29H,6-9,23H2,1H3,(H2,24,30)(H,25,34)(H,26,35)(H,27,33)(H,31,32)(H,36,37). The number of aliphatic hydroxyl groups is 1. The second-order valence-electron chi connectivity index (χ2n) is 8.27. The second-order valence-corrected chi connectivity index (χ2v) is 8.27. The molecule has 11 N–H and O–H groups in total. The Morgan fingerprint density at radius 3 is 1.95 bits per heavy atom. The van der Waals surface area contributed by atoms with Gasteiger partial charge in [0, 0.05) is 12.8 Å². The van der Waals surface area contributed by atoms with Gasteiger partial charge in [-0.2, -0.15) is 0 Å². The summed E-state index contributed by atoms with van der Waals surface area (Å²) in [4.78, 5) is 71.4. The van der Waals surface area contributed by atoms with Gasteiger partial charge in [-0.05, 0) is 31.0 Å². The van der Waals surface area contributed by atoms with E-state index in [1.54, 1.807) is 0 Å². The molecule has 204 valence electrons. The second kappa shape index (κ2) is 14.4. The van der Waals surface area contributed by atoms with Gasteiger partial charge in [0.05, 0.1) is 18.6 Å². The van der Waals surface area contributed by atoms with Crippen molar-refractivity contribution in [1.29, 1.82) is 0 Å². The SMILES string of the molecule is CC(O)C(NC(=O)C(N)CC(N)=O)C(=O)NC(Cc1ccc(O)cc1)C(=O)NC(CCC(=O)O)C(=O)O. The molecular formula is C22H31N5O10. The highest BCUT2D eigenvalue weighted by Crippen LogP contribution is 2.12. The van der Waals surface area contributed by atoms with Gasteiger partial charge >= 0.3 is 11.9 Å². The Morgan fingerprint density at radius 2 is 1.46 bits per heavy atom. The number of aliphatic hydroxyl groups excluding tert-OH is 1. The van der Waals surface area contributed by atoms with Gasteiger partial charge in [0.2, 0.25) is 23.6 Å². The van der Waals surface area contributed by atoms with E-state index in [-0.39, 0.29) is 12.2 Å². The number of carboxylic acids is 2. The molecule has 15 nitrogen and oxygen atoms in total. The monoisotopic (exact) mass is 525 g/mol. The van der Waals surface area contributed by atoms with E-state index in [9.17, 15) is 44.1 Å².